The molecule has 9 heteroatoms. The highest BCUT2D eigenvalue weighted by atomic mass is 19.4. The van der Waals surface area contributed by atoms with Crippen molar-refractivity contribution < 1.29 is 18.0 Å². The van der Waals surface area contributed by atoms with Crippen LogP contribution in [0, 0.1) is 0 Å². The molecule has 1 N–H and O–H groups in total. The van der Waals surface area contributed by atoms with Crippen LogP contribution in [0.5, 0.6) is 0 Å². The fourth-order valence-corrected chi connectivity index (χ4v) is 3.76. The molecule has 2 heterocycles. The van der Waals surface area contributed by atoms with Gasteiger partial charge in [-0.2, -0.15) is 13.2 Å². The summed E-state index contributed by atoms with van der Waals surface area (Å²) in [6.45, 7) is 4.25. The van der Waals surface area contributed by atoms with Gasteiger partial charge in [-0.15, -0.1) is 6.54 Å². The third kappa shape index (κ3) is 5.14. The van der Waals surface area contributed by atoms with Crippen LogP contribution < -0.4 is 9.80 Å². The van der Waals surface area contributed by atoms with Gasteiger partial charge in [-0.1, -0.05) is 12.1 Å². The Bertz CT molecular complexity index is 1120. The Morgan fingerprint density at radius 1 is 0.939 bits per heavy atom. The van der Waals surface area contributed by atoms with Crippen molar-refractivity contribution in [1.29, 1.82) is 0 Å². The maximum atomic E-state index is 12.9. The molecule has 3 aromatic rings. The highest BCUT2D eigenvalue weighted by molar-refractivity contribution is 5.94. The first-order valence-corrected chi connectivity index (χ1v) is 10.6. The van der Waals surface area contributed by atoms with Crippen molar-refractivity contribution in [2.45, 2.75) is 19.6 Å². The second kappa shape index (κ2) is 9.19. The highest BCUT2D eigenvalue weighted by Crippen LogP contribution is 2.31. The minimum Gasteiger partial charge on any atom is -0.672 e. The number of benzene rings is 2. The maximum Gasteiger partial charge on any atom is 0.416 e. The zero-order valence-corrected chi connectivity index (χ0v) is 18.1. The summed E-state index contributed by atoms with van der Waals surface area (Å²) in [6.07, 6.45) is -4.40. The number of nitrogens with one attached hydrogen (secondary N) is 1. The van der Waals surface area contributed by atoms with Crippen molar-refractivity contribution in [3.8, 4) is 11.3 Å². The highest BCUT2D eigenvalue weighted by Gasteiger charge is 2.30. The van der Waals surface area contributed by atoms with Crippen molar-refractivity contribution in [1.82, 2.24) is 9.97 Å². The van der Waals surface area contributed by atoms with Gasteiger partial charge in [0, 0.05) is 48.7 Å². The van der Waals surface area contributed by atoms with E-state index in [4.69, 9.17) is 5.73 Å². The van der Waals surface area contributed by atoms with Gasteiger partial charge in [0.05, 0.1) is 11.3 Å². The molecule has 0 bridgehead atoms. The normalized spacial score (nSPS) is 14.5. The summed E-state index contributed by atoms with van der Waals surface area (Å²) in [5.41, 5.74) is 10.3. The summed E-state index contributed by atoms with van der Waals surface area (Å²) >= 11 is 0. The van der Waals surface area contributed by atoms with Gasteiger partial charge in [0.15, 0.2) is 5.78 Å². The molecule has 0 saturated carbocycles. The lowest BCUT2D eigenvalue weighted by Gasteiger charge is -2.36. The zero-order valence-electron chi connectivity index (χ0n) is 18.1. The molecule has 0 amide bonds. The van der Waals surface area contributed by atoms with Crippen LogP contribution >= 0.6 is 0 Å². The van der Waals surface area contributed by atoms with Gasteiger partial charge in [-0.05, 0) is 49.4 Å². The molecule has 0 unspecified atom stereocenters. The van der Waals surface area contributed by atoms with E-state index in [1.165, 1.54) is 19.1 Å². The number of anilines is 2. The second-order valence-electron chi connectivity index (χ2n) is 7.87. The van der Waals surface area contributed by atoms with E-state index in [9.17, 15) is 18.0 Å². The van der Waals surface area contributed by atoms with Crippen LogP contribution in [-0.4, -0.2) is 41.9 Å². The summed E-state index contributed by atoms with van der Waals surface area (Å²) < 4.78 is 38.6. The summed E-state index contributed by atoms with van der Waals surface area (Å²) in [7, 11) is 0. The number of piperazine rings is 1. The Labute approximate surface area is 189 Å². The molecule has 33 heavy (non-hydrogen) atoms. The predicted octanol–water partition coefficient (Wildman–Crippen LogP) is 5.24. The second-order valence-corrected chi connectivity index (χ2v) is 7.87. The van der Waals surface area contributed by atoms with Crippen molar-refractivity contribution in [3.63, 3.8) is 0 Å². The summed E-state index contributed by atoms with van der Waals surface area (Å²) in [5.74, 6) is 0.503. The van der Waals surface area contributed by atoms with Crippen molar-refractivity contribution in [3.05, 3.63) is 77.2 Å². The van der Waals surface area contributed by atoms with Crippen LogP contribution in [0.25, 0.3) is 17.0 Å². The number of ketones is 1. The lowest BCUT2D eigenvalue weighted by molar-refractivity contribution is -0.137. The van der Waals surface area contributed by atoms with E-state index in [1.54, 1.807) is 6.07 Å². The number of hydrogen-bond acceptors (Lipinski definition) is 5. The average Bonchev–Trinajstić information content (AvgIpc) is 2.83. The topological polar surface area (TPSA) is 73.1 Å². The van der Waals surface area contributed by atoms with E-state index in [1.807, 2.05) is 29.2 Å². The van der Waals surface area contributed by atoms with E-state index in [0.29, 0.717) is 41.6 Å². The van der Waals surface area contributed by atoms with Crippen LogP contribution in [-0.2, 0) is 12.7 Å². The smallest absolute Gasteiger partial charge is 0.416 e. The maximum absolute atomic E-state index is 12.9. The first kappa shape index (κ1) is 22.7. The lowest BCUT2D eigenvalue weighted by atomic mass is 10.1. The Morgan fingerprint density at radius 3 is 2.09 bits per heavy atom. The fraction of sp³-hybridized carbons (Fsp3) is 0.292. The van der Waals surface area contributed by atoms with E-state index in [2.05, 4.69) is 14.9 Å². The predicted molar refractivity (Wildman–Crippen MR) is 121 cm³/mol. The van der Waals surface area contributed by atoms with Gasteiger partial charge in [-0.3, -0.25) is 4.79 Å². The Kier molecular flexibility index (Phi) is 6.33. The number of nitrogens with zero attached hydrogens (tertiary/aromatic N) is 4. The molecule has 1 saturated heterocycles. The monoisotopic (exact) mass is 454 g/mol. The van der Waals surface area contributed by atoms with E-state index < -0.39 is 11.7 Å². The number of halogens is 3. The average molecular weight is 454 g/mol. The Hall–Kier alpha value is -3.46. The van der Waals surface area contributed by atoms with Crippen LogP contribution in [0.2, 0.25) is 0 Å². The standard InChI is InChI=1S/C24H23F3N5O/c1-16(33)17-4-8-21(9-5-17)31-10-12-32(13-11-31)23-29-20(15-28)14-22(30-23)18-2-6-19(7-3-18)24(25,26)27/h2-9,14,28H,10-13,15H2,1H3/q-1. The Balaban J connectivity index is 1.51. The van der Waals surface area contributed by atoms with Crippen molar-refractivity contribution >= 4 is 17.4 Å². The van der Waals surface area contributed by atoms with Gasteiger partial charge in [0.2, 0.25) is 5.95 Å². The van der Waals surface area contributed by atoms with Crippen LogP contribution in [0.1, 0.15) is 28.5 Å². The van der Waals surface area contributed by atoms with Crippen LogP contribution in [0.4, 0.5) is 24.8 Å². The molecule has 1 aromatic heterocycles. The molecule has 6 nitrogen and oxygen atoms in total. The van der Waals surface area contributed by atoms with Gasteiger partial charge < -0.3 is 15.5 Å². The van der Waals surface area contributed by atoms with Crippen LogP contribution in [0.15, 0.2) is 54.6 Å². The molecule has 1 fully saturated rings. The number of rotatable bonds is 5. The summed E-state index contributed by atoms with van der Waals surface area (Å²) in [5, 5.41) is 0. The van der Waals surface area contributed by atoms with E-state index >= 15 is 0 Å². The van der Waals surface area contributed by atoms with Gasteiger partial charge in [0.1, 0.15) is 0 Å². The number of Topliss-reactive ketones (excluding diaryl/α,β-unsaturated/α-hetero) is 1. The van der Waals surface area contributed by atoms with E-state index in [0.717, 1.165) is 30.9 Å². The first-order valence-electron chi connectivity index (χ1n) is 10.6. The quantitative estimate of drug-likeness (QED) is 0.493. The molecule has 1 aliphatic rings. The largest absolute Gasteiger partial charge is 0.672 e. The van der Waals surface area contributed by atoms with Gasteiger partial charge in [0.25, 0.3) is 0 Å². The van der Waals surface area contributed by atoms with Crippen molar-refractivity contribution in [2.75, 3.05) is 36.0 Å². The molecule has 0 aliphatic carbocycles. The third-order valence-corrected chi connectivity index (χ3v) is 5.66. The minimum absolute atomic E-state index is 0.0293. The molecule has 4 rings (SSSR count). The molecule has 0 atom stereocenters. The minimum atomic E-state index is -4.40. The molecule has 1 aliphatic heterocycles. The first-order chi connectivity index (χ1) is 15.7. The van der Waals surface area contributed by atoms with Crippen LogP contribution in [0.3, 0.4) is 0 Å². The van der Waals surface area contributed by atoms with Gasteiger partial charge in [-0.25, -0.2) is 9.97 Å². The number of carbonyl (C=O) groups is 1. The molecule has 0 spiro atoms. The molecular weight excluding hydrogens is 431 g/mol. The zero-order chi connectivity index (χ0) is 23.6. The molecule has 2 aromatic carbocycles. The molecule has 172 valence electrons. The van der Waals surface area contributed by atoms with Gasteiger partial charge >= 0.3 is 6.18 Å². The third-order valence-electron chi connectivity index (χ3n) is 5.66. The molecular formula is C24H23F3N5O-. The fourth-order valence-electron chi connectivity index (χ4n) is 3.76. The Morgan fingerprint density at radius 2 is 1.55 bits per heavy atom. The molecule has 0 radical (unpaired) electrons. The number of aromatic nitrogens is 2. The number of carbonyl (C=O) groups excluding carboxylic acids is 1. The van der Waals surface area contributed by atoms with E-state index in [-0.39, 0.29) is 12.3 Å². The summed E-state index contributed by atoms with van der Waals surface area (Å²) in [6, 6.07) is 14.0. The van der Waals surface area contributed by atoms with Crippen molar-refractivity contribution in [2.24, 2.45) is 0 Å². The SMILES string of the molecule is CC(=O)c1ccc(N2CCN(c3nc(C[NH-])cc(-c4ccc(C(F)(F)F)cc4)n3)CC2)cc1. The summed E-state index contributed by atoms with van der Waals surface area (Å²) in [4.78, 5) is 24.8. The number of hydrogen-bond donors (Lipinski definition) is 0. The lowest BCUT2D eigenvalue weighted by Crippen LogP contribution is -2.47. The number of alkyl halides is 3.